The maximum absolute atomic E-state index is 12.9. The molecule has 3 amide bonds. The van der Waals surface area contributed by atoms with E-state index in [9.17, 15) is 19.2 Å². The molecule has 0 aliphatic heterocycles. The lowest BCUT2D eigenvalue weighted by atomic mass is 10.1. The van der Waals surface area contributed by atoms with Crippen molar-refractivity contribution < 1.29 is 38.1 Å². The maximum atomic E-state index is 12.9. The van der Waals surface area contributed by atoms with Crippen molar-refractivity contribution >= 4 is 35.5 Å². The molecule has 0 atom stereocenters. The summed E-state index contributed by atoms with van der Waals surface area (Å²) in [7, 11) is 4.32. The normalized spacial score (nSPS) is 10.4. The van der Waals surface area contributed by atoms with Crippen LogP contribution >= 0.6 is 0 Å². The van der Waals surface area contributed by atoms with Crippen LogP contribution in [0.25, 0.3) is 6.08 Å². The van der Waals surface area contributed by atoms with Gasteiger partial charge in [0.05, 0.1) is 26.9 Å². The van der Waals surface area contributed by atoms with Crippen molar-refractivity contribution in [3.63, 3.8) is 0 Å². The Labute approximate surface area is 253 Å². The maximum Gasteiger partial charge on any atom is 0.343 e. The highest BCUT2D eigenvalue weighted by Crippen LogP contribution is 2.38. The van der Waals surface area contributed by atoms with Crippen molar-refractivity contribution in [2.45, 2.75) is 0 Å². The molecule has 0 spiro atoms. The van der Waals surface area contributed by atoms with Crippen molar-refractivity contribution in [2.24, 2.45) is 0 Å². The minimum Gasteiger partial charge on any atom is -0.493 e. The lowest BCUT2D eigenvalue weighted by molar-refractivity contribution is -0.117. The molecular formula is C33H29N3O8. The van der Waals surface area contributed by atoms with Crippen LogP contribution in [0.5, 0.6) is 23.0 Å². The second kappa shape index (κ2) is 14.7. The molecular weight excluding hydrogens is 566 g/mol. The van der Waals surface area contributed by atoms with E-state index in [-0.39, 0.29) is 34.3 Å². The number of hydrazine groups is 1. The van der Waals surface area contributed by atoms with Gasteiger partial charge in [0.15, 0.2) is 11.5 Å². The Morgan fingerprint density at radius 3 is 1.86 bits per heavy atom. The van der Waals surface area contributed by atoms with Crippen molar-refractivity contribution in [2.75, 3.05) is 26.6 Å². The zero-order valence-electron chi connectivity index (χ0n) is 24.1. The van der Waals surface area contributed by atoms with Crippen molar-refractivity contribution in [1.82, 2.24) is 10.9 Å². The van der Waals surface area contributed by atoms with E-state index in [2.05, 4.69) is 16.2 Å². The molecule has 0 aromatic heterocycles. The fourth-order valence-electron chi connectivity index (χ4n) is 3.96. The first-order valence-corrected chi connectivity index (χ1v) is 13.2. The molecule has 0 heterocycles. The van der Waals surface area contributed by atoms with Crippen LogP contribution in [0.1, 0.15) is 36.6 Å². The van der Waals surface area contributed by atoms with E-state index in [0.29, 0.717) is 22.6 Å². The van der Waals surface area contributed by atoms with E-state index in [1.807, 2.05) is 6.07 Å². The summed E-state index contributed by atoms with van der Waals surface area (Å²) in [6.45, 7) is 0. The smallest absolute Gasteiger partial charge is 0.343 e. The zero-order valence-corrected chi connectivity index (χ0v) is 24.1. The number of carbonyl (C=O) groups excluding carboxylic acids is 4. The Morgan fingerprint density at radius 2 is 1.23 bits per heavy atom. The molecule has 0 saturated heterocycles. The number of carbonyl (C=O) groups is 4. The summed E-state index contributed by atoms with van der Waals surface area (Å²) in [5.41, 5.74) is 6.49. The van der Waals surface area contributed by atoms with Gasteiger partial charge in [-0.05, 0) is 60.7 Å². The number of benzene rings is 4. The number of ether oxygens (including phenoxy) is 4. The fraction of sp³-hybridized carbons (Fsp3) is 0.0909. The van der Waals surface area contributed by atoms with Gasteiger partial charge in [0.1, 0.15) is 5.75 Å². The summed E-state index contributed by atoms with van der Waals surface area (Å²) in [4.78, 5) is 50.2. The molecule has 3 N–H and O–H groups in total. The van der Waals surface area contributed by atoms with Crippen LogP contribution in [0.15, 0.2) is 97.1 Å². The predicted molar refractivity (Wildman–Crippen MR) is 163 cm³/mol. The van der Waals surface area contributed by atoms with Crippen LogP contribution in [0.4, 0.5) is 5.69 Å². The van der Waals surface area contributed by atoms with Crippen molar-refractivity contribution in [3.05, 3.63) is 119 Å². The Morgan fingerprint density at radius 1 is 0.614 bits per heavy atom. The quantitative estimate of drug-likeness (QED) is 0.104. The molecule has 4 aromatic rings. The highest BCUT2D eigenvalue weighted by atomic mass is 16.5. The number of hydrogen-bond donors (Lipinski definition) is 3. The molecule has 44 heavy (non-hydrogen) atoms. The van der Waals surface area contributed by atoms with Gasteiger partial charge in [0.2, 0.25) is 5.75 Å². The van der Waals surface area contributed by atoms with Crippen LogP contribution in [0.3, 0.4) is 0 Å². The van der Waals surface area contributed by atoms with Gasteiger partial charge in [0.25, 0.3) is 17.7 Å². The van der Waals surface area contributed by atoms with E-state index in [4.69, 9.17) is 18.9 Å². The summed E-state index contributed by atoms with van der Waals surface area (Å²) < 4.78 is 21.5. The second-order valence-corrected chi connectivity index (χ2v) is 9.02. The third kappa shape index (κ3) is 7.79. The summed E-state index contributed by atoms with van der Waals surface area (Å²) in [6.07, 6.45) is 2.61. The van der Waals surface area contributed by atoms with Crippen LogP contribution in [-0.4, -0.2) is 45.0 Å². The zero-order chi connectivity index (χ0) is 31.5. The van der Waals surface area contributed by atoms with Crippen molar-refractivity contribution in [3.8, 4) is 23.0 Å². The number of esters is 1. The van der Waals surface area contributed by atoms with Gasteiger partial charge in [-0.1, -0.05) is 36.4 Å². The Bertz CT molecular complexity index is 1660. The van der Waals surface area contributed by atoms with Crippen LogP contribution in [0.2, 0.25) is 0 Å². The number of hydrogen-bond acceptors (Lipinski definition) is 8. The predicted octanol–water partition coefficient (Wildman–Crippen LogP) is 4.66. The van der Waals surface area contributed by atoms with E-state index >= 15 is 0 Å². The average molecular weight is 596 g/mol. The number of amides is 3. The monoisotopic (exact) mass is 595 g/mol. The molecule has 0 saturated carbocycles. The third-order valence-electron chi connectivity index (χ3n) is 6.18. The molecule has 0 bridgehead atoms. The summed E-state index contributed by atoms with van der Waals surface area (Å²) >= 11 is 0. The minimum atomic E-state index is -0.688. The third-order valence-corrected chi connectivity index (χ3v) is 6.18. The van der Waals surface area contributed by atoms with Gasteiger partial charge in [-0.15, -0.1) is 0 Å². The van der Waals surface area contributed by atoms with Gasteiger partial charge in [0, 0.05) is 28.5 Å². The molecule has 11 heteroatoms. The number of methoxy groups -OCH3 is 3. The lowest BCUT2D eigenvalue weighted by Crippen LogP contribution is -2.40. The first-order chi connectivity index (χ1) is 21.3. The first-order valence-electron chi connectivity index (χ1n) is 13.2. The van der Waals surface area contributed by atoms with E-state index in [1.165, 1.54) is 57.7 Å². The molecule has 0 unspecified atom stereocenters. The van der Waals surface area contributed by atoms with Crippen LogP contribution < -0.4 is 35.1 Å². The molecule has 0 fully saturated rings. The topological polar surface area (TPSA) is 141 Å². The first kappa shape index (κ1) is 30.8. The van der Waals surface area contributed by atoms with Gasteiger partial charge >= 0.3 is 5.97 Å². The van der Waals surface area contributed by atoms with Gasteiger partial charge in [-0.2, -0.15) is 0 Å². The molecule has 0 radical (unpaired) electrons. The van der Waals surface area contributed by atoms with Gasteiger partial charge < -0.3 is 24.3 Å². The van der Waals surface area contributed by atoms with Crippen LogP contribution in [0, 0.1) is 0 Å². The molecule has 0 aliphatic carbocycles. The largest absolute Gasteiger partial charge is 0.493 e. The van der Waals surface area contributed by atoms with Crippen molar-refractivity contribution in [1.29, 1.82) is 0 Å². The highest BCUT2D eigenvalue weighted by Gasteiger charge is 2.19. The number of para-hydroxylation sites is 1. The molecule has 4 aromatic carbocycles. The molecule has 224 valence electrons. The minimum absolute atomic E-state index is 0.158. The van der Waals surface area contributed by atoms with Crippen LogP contribution in [-0.2, 0) is 4.79 Å². The van der Waals surface area contributed by atoms with Gasteiger partial charge in [-0.3, -0.25) is 25.2 Å². The summed E-state index contributed by atoms with van der Waals surface area (Å²) in [5.74, 6) is -1.06. The molecule has 0 aliphatic rings. The SMILES string of the molecule is COc1cc(C(=O)Oc2ccccc2/C=C/C(=O)NNC(=O)c2ccc(NC(=O)c3ccccc3)cc2)cc(OC)c1OC. The van der Waals surface area contributed by atoms with Gasteiger partial charge in [-0.25, -0.2) is 4.79 Å². The summed E-state index contributed by atoms with van der Waals surface area (Å²) in [5, 5.41) is 2.75. The summed E-state index contributed by atoms with van der Waals surface area (Å²) in [6, 6.07) is 24.4. The Balaban J connectivity index is 1.34. The molecule has 4 rings (SSSR count). The highest BCUT2D eigenvalue weighted by molar-refractivity contribution is 6.04. The van der Waals surface area contributed by atoms with E-state index < -0.39 is 17.8 Å². The lowest BCUT2D eigenvalue weighted by Gasteiger charge is -2.14. The Kier molecular flexibility index (Phi) is 10.3. The molecule has 11 nitrogen and oxygen atoms in total. The number of rotatable bonds is 10. The van der Waals surface area contributed by atoms with E-state index in [1.54, 1.807) is 60.7 Å². The number of anilines is 1. The second-order valence-electron chi connectivity index (χ2n) is 9.02. The standard InChI is InChI=1S/C33H29N3O8/c1-41-27-19-24(20-28(42-2)30(27)43-3)33(40)44-26-12-8-7-9-21(26)15-18-29(37)35-36-32(39)23-13-16-25(17-14-23)34-31(38)22-10-5-4-6-11-22/h4-20H,1-3H3,(H,34,38)(H,35,37)(H,36,39)/b18-15+. The average Bonchev–Trinajstić information content (AvgIpc) is 3.06. The Hall–Kier alpha value is -6.10. The fourth-order valence-corrected chi connectivity index (χ4v) is 3.96. The number of nitrogens with one attached hydrogen (secondary N) is 3. The van der Waals surface area contributed by atoms with E-state index in [0.717, 1.165) is 0 Å².